The van der Waals surface area contributed by atoms with Crippen molar-refractivity contribution in [3.63, 3.8) is 0 Å². The minimum Gasteiger partial charge on any atom is -0.103 e. The Morgan fingerprint density at radius 3 is 2.60 bits per heavy atom. The molecule has 1 aliphatic carbocycles. The third kappa shape index (κ3) is 1.60. The summed E-state index contributed by atoms with van der Waals surface area (Å²) in [6.45, 7) is 5.98. The van der Waals surface area contributed by atoms with E-state index in [9.17, 15) is 0 Å². The van der Waals surface area contributed by atoms with Crippen molar-refractivity contribution in [2.75, 3.05) is 0 Å². The number of allylic oxidation sites excluding steroid dienone is 5. The van der Waals surface area contributed by atoms with Gasteiger partial charge in [0.05, 0.1) is 0 Å². The Morgan fingerprint density at radius 1 is 1.50 bits per heavy atom. The molecule has 1 aliphatic rings. The highest BCUT2D eigenvalue weighted by atomic mass is 14.2. The van der Waals surface area contributed by atoms with E-state index in [4.69, 9.17) is 0 Å². The molecule has 0 unspecified atom stereocenters. The first-order valence-electron chi connectivity index (χ1n) is 3.80. The Labute approximate surface area is 62.9 Å². The minimum absolute atomic E-state index is 0.651. The monoisotopic (exact) mass is 134 g/mol. The Balaban J connectivity index is 2.40. The van der Waals surface area contributed by atoms with Gasteiger partial charge in [0.2, 0.25) is 0 Å². The van der Waals surface area contributed by atoms with Crippen LogP contribution in [0.2, 0.25) is 0 Å². The van der Waals surface area contributed by atoms with Crippen molar-refractivity contribution in [3.05, 3.63) is 37.0 Å². The summed E-state index contributed by atoms with van der Waals surface area (Å²) in [6.07, 6.45) is 11.8. The zero-order chi connectivity index (χ0) is 7.40. The van der Waals surface area contributed by atoms with Crippen molar-refractivity contribution >= 4 is 0 Å². The molecule has 1 atom stereocenters. The van der Waals surface area contributed by atoms with Crippen molar-refractivity contribution in [2.45, 2.75) is 13.3 Å². The van der Waals surface area contributed by atoms with Gasteiger partial charge in [-0.25, -0.2) is 0 Å². The maximum atomic E-state index is 3.72. The number of hydrogen-bond donors (Lipinski definition) is 0. The predicted molar refractivity (Wildman–Crippen MR) is 45.7 cm³/mol. The van der Waals surface area contributed by atoms with Crippen molar-refractivity contribution in [3.8, 4) is 0 Å². The van der Waals surface area contributed by atoms with Gasteiger partial charge in [0.15, 0.2) is 0 Å². The average Bonchev–Trinajstić information content (AvgIpc) is 2.38. The largest absolute Gasteiger partial charge is 0.103 e. The lowest BCUT2D eigenvalue weighted by atomic mass is 9.93. The molecule has 0 nitrogen and oxygen atoms in total. The van der Waals surface area contributed by atoms with Gasteiger partial charge in [-0.2, -0.15) is 0 Å². The molecule has 0 bridgehead atoms. The molecule has 0 saturated carbocycles. The topological polar surface area (TPSA) is 0 Å². The van der Waals surface area contributed by atoms with Gasteiger partial charge in [-0.15, -0.1) is 6.58 Å². The summed E-state index contributed by atoms with van der Waals surface area (Å²) < 4.78 is 0. The fourth-order valence-electron chi connectivity index (χ4n) is 1.25. The maximum Gasteiger partial charge on any atom is -0.00186 e. The van der Waals surface area contributed by atoms with Gasteiger partial charge in [0.25, 0.3) is 0 Å². The molecule has 0 aromatic rings. The lowest BCUT2D eigenvalue weighted by Crippen LogP contribution is -2.03. The van der Waals surface area contributed by atoms with Gasteiger partial charge < -0.3 is 0 Å². The molecule has 0 saturated heterocycles. The summed E-state index contributed by atoms with van der Waals surface area (Å²) in [5.41, 5.74) is 0. The summed E-state index contributed by atoms with van der Waals surface area (Å²) in [4.78, 5) is 0. The normalized spacial score (nSPS) is 19.7. The van der Waals surface area contributed by atoms with E-state index in [2.05, 4.69) is 37.8 Å². The first-order valence-corrected chi connectivity index (χ1v) is 3.80. The lowest BCUT2D eigenvalue weighted by Gasteiger charge is -2.12. The quantitative estimate of drug-likeness (QED) is 0.520. The molecule has 1 rings (SSSR count). The smallest absolute Gasteiger partial charge is 0.00186 e. The van der Waals surface area contributed by atoms with E-state index in [1.165, 1.54) is 0 Å². The van der Waals surface area contributed by atoms with E-state index in [1.807, 2.05) is 6.08 Å². The molecule has 0 N–H and O–H groups in total. The summed E-state index contributed by atoms with van der Waals surface area (Å²) in [5, 5.41) is 0. The van der Waals surface area contributed by atoms with E-state index >= 15 is 0 Å². The molecule has 0 heteroatoms. The fraction of sp³-hybridized carbons (Fsp3) is 0.400. The summed E-state index contributed by atoms with van der Waals surface area (Å²) in [7, 11) is 0. The standard InChI is InChI=1S/C10H14/c1-3-6-9(2)10-7-4-5-8-10/h3-5,7-10H,1,6H2,2H3/t9-/m1/s1. The van der Waals surface area contributed by atoms with Crippen LogP contribution in [0.3, 0.4) is 0 Å². The van der Waals surface area contributed by atoms with Gasteiger partial charge in [0, 0.05) is 0 Å². The first kappa shape index (κ1) is 7.33. The molecule has 0 fully saturated rings. The third-order valence-corrected chi connectivity index (χ3v) is 1.97. The molecule has 0 aliphatic heterocycles. The van der Waals surface area contributed by atoms with E-state index in [-0.39, 0.29) is 0 Å². The molecule has 0 heterocycles. The molecule has 0 aromatic heterocycles. The molecule has 0 amide bonds. The van der Waals surface area contributed by atoms with Gasteiger partial charge in [0.1, 0.15) is 0 Å². The molecule has 0 spiro atoms. The Hall–Kier alpha value is -0.780. The highest BCUT2D eigenvalue weighted by Gasteiger charge is 2.10. The van der Waals surface area contributed by atoms with Crippen LogP contribution >= 0.6 is 0 Å². The predicted octanol–water partition coefficient (Wildman–Crippen LogP) is 2.94. The summed E-state index contributed by atoms with van der Waals surface area (Å²) in [6, 6.07) is 0. The van der Waals surface area contributed by atoms with Crippen molar-refractivity contribution in [2.24, 2.45) is 11.8 Å². The fourth-order valence-corrected chi connectivity index (χ4v) is 1.25. The second-order valence-electron chi connectivity index (χ2n) is 2.85. The molecular weight excluding hydrogens is 120 g/mol. The lowest BCUT2D eigenvalue weighted by molar-refractivity contribution is 0.510. The van der Waals surface area contributed by atoms with Crippen LogP contribution in [0, 0.1) is 11.8 Å². The zero-order valence-corrected chi connectivity index (χ0v) is 6.46. The van der Waals surface area contributed by atoms with E-state index < -0.39 is 0 Å². The van der Waals surface area contributed by atoms with Gasteiger partial charge in [-0.1, -0.05) is 37.3 Å². The van der Waals surface area contributed by atoms with Crippen LogP contribution < -0.4 is 0 Å². The van der Waals surface area contributed by atoms with Crippen LogP contribution in [0.4, 0.5) is 0 Å². The van der Waals surface area contributed by atoms with Crippen molar-refractivity contribution < 1.29 is 0 Å². The van der Waals surface area contributed by atoms with Crippen LogP contribution in [0.1, 0.15) is 13.3 Å². The van der Waals surface area contributed by atoms with Crippen LogP contribution in [0.15, 0.2) is 37.0 Å². The molecule has 0 aromatic carbocycles. The van der Waals surface area contributed by atoms with Crippen LogP contribution in [-0.4, -0.2) is 0 Å². The van der Waals surface area contributed by atoms with Crippen LogP contribution in [0.25, 0.3) is 0 Å². The highest BCUT2D eigenvalue weighted by molar-refractivity contribution is 5.18. The van der Waals surface area contributed by atoms with Crippen LogP contribution in [-0.2, 0) is 0 Å². The molecule has 0 radical (unpaired) electrons. The van der Waals surface area contributed by atoms with E-state index in [0.717, 1.165) is 6.42 Å². The minimum atomic E-state index is 0.651. The zero-order valence-electron chi connectivity index (χ0n) is 6.46. The average molecular weight is 134 g/mol. The molecular formula is C10H14. The second kappa shape index (κ2) is 3.40. The highest BCUT2D eigenvalue weighted by Crippen LogP contribution is 2.21. The van der Waals surface area contributed by atoms with Gasteiger partial charge in [-0.3, -0.25) is 0 Å². The Bertz CT molecular complexity index is 151. The third-order valence-electron chi connectivity index (χ3n) is 1.97. The second-order valence-corrected chi connectivity index (χ2v) is 2.85. The van der Waals surface area contributed by atoms with Crippen molar-refractivity contribution in [1.29, 1.82) is 0 Å². The Kier molecular flexibility index (Phi) is 2.49. The van der Waals surface area contributed by atoms with Gasteiger partial charge >= 0.3 is 0 Å². The van der Waals surface area contributed by atoms with Crippen molar-refractivity contribution in [1.82, 2.24) is 0 Å². The number of rotatable bonds is 3. The summed E-state index contributed by atoms with van der Waals surface area (Å²) >= 11 is 0. The number of hydrogen-bond acceptors (Lipinski definition) is 0. The first-order chi connectivity index (χ1) is 4.84. The molecule has 54 valence electrons. The van der Waals surface area contributed by atoms with E-state index in [1.54, 1.807) is 0 Å². The molecule has 10 heavy (non-hydrogen) atoms. The van der Waals surface area contributed by atoms with Gasteiger partial charge in [-0.05, 0) is 18.3 Å². The summed E-state index contributed by atoms with van der Waals surface area (Å²) in [5.74, 6) is 1.37. The van der Waals surface area contributed by atoms with Crippen LogP contribution in [0.5, 0.6) is 0 Å². The SMILES string of the molecule is C=CC[C@@H](C)C1C=CC=C1. The Morgan fingerprint density at radius 2 is 2.10 bits per heavy atom. The maximum absolute atomic E-state index is 3.72. The van der Waals surface area contributed by atoms with E-state index in [0.29, 0.717) is 11.8 Å².